The van der Waals surface area contributed by atoms with Crippen LogP contribution in [0.15, 0.2) is 17.0 Å². The maximum absolute atomic E-state index is 13.0. The van der Waals surface area contributed by atoms with Crippen LogP contribution in [0.2, 0.25) is 0 Å². The fourth-order valence-corrected chi connectivity index (χ4v) is 2.77. The maximum atomic E-state index is 13.0. The van der Waals surface area contributed by atoms with Gasteiger partial charge < -0.3 is 5.11 Å². The van der Waals surface area contributed by atoms with Crippen LogP contribution in [0.3, 0.4) is 0 Å². The summed E-state index contributed by atoms with van der Waals surface area (Å²) in [5.74, 6) is -4.85. The fourth-order valence-electron chi connectivity index (χ4n) is 1.59. The topological polar surface area (TPSA) is 66.4 Å². The highest BCUT2D eigenvalue weighted by Gasteiger charge is 2.42. The van der Waals surface area contributed by atoms with Gasteiger partial charge in [-0.15, -0.1) is 0 Å². The summed E-state index contributed by atoms with van der Waals surface area (Å²) in [6.45, 7) is -0.186. The normalized spacial score (nSPS) is 17.5. The van der Waals surface area contributed by atoms with Gasteiger partial charge in [0.25, 0.3) is 0 Å². The van der Waals surface area contributed by atoms with Crippen molar-refractivity contribution in [1.29, 1.82) is 0 Å². The molecule has 0 atom stereocenters. The van der Waals surface area contributed by atoms with Crippen molar-refractivity contribution in [3.63, 3.8) is 0 Å². The van der Waals surface area contributed by atoms with Gasteiger partial charge in [-0.05, 0) is 25.0 Å². The molecule has 0 aromatic heterocycles. The van der Waals surface area contributed by atoms with Gasteiger partial charge in [-0.1, -0.05) is 0 Å². The van der Waals surface area contributed by atoms with E-state index >= 15 is 0 Å². The Morgan fingerprint density at radius 1 is 1.21 bits per heavy atom. The van der Waals surface area contributed by atoms with Crippen molar-refractivity contribution in [2.45, 2.75) is 17.7 Å². The molecule has 19 heavy (non-hydrogen) atoms. The van der Waals surface area contributed by atoms with Crippen molar-refractivity contribution in [3.05, 3.63) is 29.6 Å². The van der Waals surface area contributed by atoms with E-state index in [9.17, 15) is 21.6 Å². The van der Waals surface area contributed by atoms with Gasteiger partial charge in [-0.2, -0.15) is 0 Å². The monoisotopic (exact) mass is 295 g/mol. The minimum Gasteiger partial charge on any atom is -0.396 e. The first-order chi connectivity index (χ1) is 8.80. The maximum Gasteiger partial charge on any atom is 0.240 e. The summed E-state index contributed by atoms with van der Waals surface area (Å²) >= 11 is 0. The Labute approximate surface area is 108 Å². The van der Waals surface area contributed by atoms with E-state index in [4.69, 9.17) is 5.11 Å². The summed E-state index contributed by atoms with van der Waals surface area (Å²) in [6.07, 6.45) is 1.36. The average Bonchev–Trinajstić information content (AvgIpc) is 3.14. The third kappa shape index (κ3) is 2.90. The third-order valence-corrected chi connectivity index (χ3v) is 4.58. The smallest absolute Gasteiger partial charge is 0.240 e. The molecule has 0 heterocycles. The van der Waals surface area contributed by atoms with Crippen LogP contribution in [0.4, 0.5) is 13.2 Å². The predicted molar refractivity (Wildman–Crippen MR) is 60.3 cm³/mol. The lowest BCUT2D eigenvalue weighted by Crippen LogP contribution is -2.32. The van der Waals surface area contributed by atoms with E-state index in [-0.39, 0.29) is 13.2 Å². The molecule has 0 aliphatic heterocycles. The Hall–Kier alpha value is -1.12. The van der Waals surface area contributed by atoms with E-state index < -0.39 is 37.8 Å². The van der Waals surface area contributed by atoms with Gasteiger partial charge in [0.15, 0.2) is 17.5 Å². The molecule has 0 spiro atoms. The van der Waals surface area contributed by atoms with Gasteiger partial charge in [0, 0.05) is 18.6 Å². The van der Waals surface area contributed by atoms with Crippen LogP contribution in [0, 0.1) is 22.9 Å². The van der Waals surface area contributed by atoms with Gasteiger partial charge in [-0.25, -0.2) is 26.3 Å². The molecule has 1 aromatic carbocycles. The molecule has 1 fully saturated rings. The molecule has 8 heteroatoms. The molecule has 0 saturated heterocycles. The number of nitrogens with one attached hydrogen (secondary N) is 1. The number of hydrogen-bond acceptors (Lipinski definition) is 3. The van der Waals surface area contributed by atoms with Crippen molar-refractivity contribution in [2.75, 3.05) is 13.2 Å². The lowest BCUT2D eigenvalue weighted by atomic mass is 10.1. The number of halogens is 3. The van der Waals surface area contributed by atoms with E-state index in [1.165, 1.54) is 0 Å². The Morgan fingerprint density at radius 2 is 1.74 bits per heavy atom. The van der Waals surface area contributed by atoms with Gasteiger partial charge in [0.05, 0.1) is 4.90 Å². The minimum atomic E-state index is -4.13. The second-order valence-electron chi connectivity index (χ2n) is 4.68. The molecular formula is C11H12F3NO3S. The number of sulfonamides is 1. The molecule has 0 amide bonds. The van der Waals surface area contributed by atoms with Crippen LogP contribution >= 0.6 is 0 Å². The molecule has 1 aliphatic carbocycles. The molecule has 4 nitrogen and oxygen atoms in total. The molecule has 0 bridgehead atoms. The standard InChI is InChI=1S/C11H12F3NO3S/c12-8-3-7(4-9(13)10(8)14)19(17,18)15-5-11(6-16)1-2-11/h3-4,15-16H,1-2,5-6H2. The average molecular weight is 295 g/mol. The Bertz CT molecular complexity index is 576. The minimum absolute atomic E-state index is 0.0214. The van der Waals surface area contributed by atoms with Crippen molar-refractivity contribution >= 4 is 10.0 Å². The molecule has 2 N–H and O–H groups in total. The zero-order valence-corrected chi connectivity index (χ0v) is 10.6. The largest absolute Gasteiger partial charge is 0.396 e. The van der Waals surface area contributed by atoms with Crippen molar-refractivity contribution in [2.24, 2.45) is 5.41 Å². The molecule has 0 unspecified atom stereocenters. The highest BCUT2D eigenvalue weighted by molar-refractivity contribution is 7.89. The van der Waals surface area contributed by atoms with Crippen molar-refractivity contribution in [1.82, 2.24) is 4.72 Å². The zero-order chi connectivity index (χ0) is 14.3. The lowest BCUT2D eigenvalue weighted by Gasteiger charge is -2.13. The summed E-state index contributed by atoms with van der Waals surface area (Å²) in [5, 5.41) is 9.04. The molecular weight excluding hydrogens is 283 g/mol. The second-order valence-corrected chi connectivity index (χ2v) is 6.45. The summed E-state index contributed by atoms with van der Waals surface area (Å²) in [6, 6.07) is 0.832. The van der Waals surface area contributed by atoms with E-state index in [0.717, 1.165) is 0 Å². The number of aliphatic hydroxyl groups excluding tert-OH is 1. The highest BCUT2D eigenvalue weighted by Crippen LogP contribution is 2.44. The lowest BCUT2D eigenvalue weighted by molar-refractivity contribution is 0.213. The first kappa shape index (κ1) is 14.3. The van der Waals surface area contributed by atoms with Crippen LogP contribution in [0.25, 0.3) is 0 Å². The van der Waals surface area contributed by atoms with Crippen LogP contribution in [-0.4, -0.2) is 26.7 Å². The Morgan fingerprint density at radius 3 is 2.16 bits per heavy atom. The van der Waals surface area contributed by atoms with E-state index in [1.807, 2.05) is 0 Å². The third-order valence-electron chi connectivity index (χ3n) is 3.20. The van der Waals surface area contributed by atoms with Gasteiger partial charge >= 0.3 is 0 Å². The number of hydrogen-bond donors (Lipinski definition) is 2. The second kappa shape index (κ2) is 4.77. The summed E-state index contributed by atoms with van der Waals surface area (Å²) in [7, 11) is -4.13. The predicted octanol–water partition coefficient (Wildman–Crippen LogP) is 1.15. The molecule has 1 aliphatic rings. The van der Waals surface area contributed by atoms with Crippen LogP contribution in [0.1, 0.15) is 12.8 Å². The fraction of sp³-hybridized carbons (Fsp3) is 0.455. The molecule has 2 rings (SSSR count). The summed E-state index contributed by atoms with van der Waals surface area (Å²) in [4.78, 5) is -0.683. The molecule has 1 aromatic rings. The number of benzene rings is 1. The van der Waals surface area contributed by atoms with Crippen molar-refractivity contribution in [3.8, 4) is 0 Å². The van der Waals surface area contributed by atoms with Crippen molar-refractivity contribution < 1.29 is 26.7 Å². The van der Waals surface area contributed by atoms with E-state index in [1.54, 1.807) is 0 Å². The van der Waals surface area contributed by atoms with Gasteiger partial charge in [-0.3, -0.25) is 0 Å². The highest BCUT2D eigenvalue weighted by atomic mass is 32.2. The van der Waals surface area contributed by atoms with Crippen LogP contribution in [0.5, 0.6) is 0 Å². The Kier molecular flexibility index (Phi) is 3.59. The quantitative estimate of drug-likeness (QED) is 0.801. The first-order valence-corrected chi connectivity index (χ1v) is 7.03. The first-order valence-electron chi connectivity index (χ1n) is 5.55. The van der Waals surface area contributed by atoms with E-state index in [2.05, 4.69) is 4.72 Å². The number of rotatable bonds is 5. The molecule has 1 saturated carbocycles. The van der Waals surface area contributed by atoms with E-state index in [0.29, 0.717) is 25.0 Å². The Balaban J connectivity index is 2.20. The van der Waals surface area contributed by atoms with Gasteiger partial charge in [0.1, 0.15) is 0 Å². The van der Waals surface area contributed by atoms with Crippen LogP contribution < -0.4 is 4.72 Å². The summed E-state index contributed by atoms with van der Waals surface area (Å²) in [5.41, 5.74) is -0.482. The molecule has 106 valence electrons. The molecule has 0 radical (unpaired) electrons. The van der Waals surface area contributed by atoms with Crippen LogP contribution in [-0.2, 0) is 10.0 Å². The SMILES string of the molecule is O=S(=O)(NCC1(CO)CC1)c1cc(F)c(F)c(F)c1. The zero-order valence-electron chi connectivity index (χ0n) is 9.79. The summed E-state index contributed by atoms with van der Waals surface area (Å²) < 4.78 is 64.4. The number of aliphatic hydroxyl groups is 1. The van der Waals surface area contributed by atoms with Gasteiger partial charge in [0.2, 0.25) is 10.0 Å².